The molecule has 0 rings (SSSR count). The highest BCUT2D eigenvalue weighted by molar-refractivity contribution is 4.61. The van der Waals surface area contributed by atoms with Crippen molar-refractivity contribution in [1.82, 2.24) is 0 Å². The highest BCUT2D eigenvalue weighted by Crippen LogP contribution is 2.03. The monoisotopic (exact) mass is 115 g/mol. The van der Waals surface area contributed by atoms with E-state index in [-0.39, 0.29) is 6.17 Å². The Labute approximate surface area is 51.2 Å². The van der Waals surface area contributed by atoms with Crippen LogP contribution in [0.4, 0.5) is 0 Å². The van der Waals surface area contributed by atoms with E-state index in [4.69, 9.17) is 11.5 Å². The van der Waals surface area contributed by atoms with Crippen molar-refractivity contribution < 1.29 is 0 Å². The molecule has 0 spiro atoms. The fraction of sp³-hybridized carbons (Fsp3) is 0.833. The largest absolute Gasteiger partial charge is 0.316 e. The van der Waals surface area contributed by atoms with Crippen LogP contribution in [0.2, 0.25) is 0 Å². The molecular formula is C6H15N2. The second-order valence-electron chi connectivity index (χ2n) is 2.20. The van der Waals surface area contributed by atoms with E-state index < -0.39 is 0 Å². The molecule has 4 N–H and O–H groups in total. The molecule has 2 heteroatoms. The van der Waals surface area contributed by atoms with Gasteiger partial charge in [0.1, 0.15) is 0 Å². The molecule has 0 bridgehead atoms. The third kappa shape index (κ3) is 2.99. The minimum Gasteiger partial charge on any atom is -0.316 e. The number of hydrogen-bond donors (Lipinski definition) is 2. The van der Waals surface area contributed by atoms with Crippen LogP contribution in [0.25, 0.3) is 0 Å². The number of hydrogen-bond acceptors (Lipinski definition) is 2. The van der Waals surface area contributed by atoms with Gasteiger partial charge in [-0.2, -0.15) is 0 Å². The van der Waals surface area contributed by atoms with Crippen LogP contribution < -0.4 is 11.5 Å². The molecule has 0 aliphatic carbocycles. The van der Waals surface area contributed by atoms with Crippen LogP contribution in [0, 0.1) is 12.8 Å². The third-order valence-corrected chi connectivity index (χ3v) is 1.32. The molecule has 0 amide bonds. The van der Waals surface area contributed by atoms with Crippen molar-refractivity contribution in [3.8, 4) is 0 Å². The van der Waals surface area contributed by atoms with Crippen LogP contribution >= 0.6 is 0 Å². The van der Waals surface area contributed by atoms with E-state index in [1.54, 1.807) is 0 Å². The van der Waals surface area contributed by atoms with Crippen molar-refractivity contribution >= 4 is 0 Å². The van der Waals surface area contributed by atoms with Gasteiger partial charge in [-0.05, 0) is 12.3 Å². The van der Waals surface area contributed by atoms with Crippen LogP contribution in [-0.4, -0.2) is 6.17 Å². The third-order valence-electron chi connectivity index (χ3n) is 1.32. The van der Waals surface area contributed by atoms with Gasteiger partial charge in [-0.15, -0.1) is 0 Å². The summed E-state index contributed by atoms with van der Waals surface area (Å²) >= 11 is 0. The first kappa shape index (κ1) is 7.92. The summed E-state index contributed by atoms with van der Waals surface area (Å²) in [4.78, 5) is 0. The first-order chi connectivity index (χ1) is 3.68. The van der Waals surface area contributed by atoms with Gasteiger partial charge >= 0.3 is 0 Å². The zero-order valence-electron chi connectivity index (χ0n) is 5.43. The first-order valence-electron chi connectivity index (χ1n) is 2.99. The molecule has 0 fully saturated rings. The maximum absolute atomic E-state index is 5.37. The molecule has 2 nitrogen and oxygen atoms in total. The molecule has 49 valence electrons. The van der Waals surface area contributed by atoms with Gasteiger partial charge in [0.15, 0.2) is 0 Å². The van der Waals surface area contributed by atoms with Gasteiger partial charge in [-0.1, -0.05) is 20.3 Å². The lowest BCUT2D eigenvalue weighted by atomic mass is 10.0. The Kier molecular flexibility index (Phi) is 3.83. The van der Waals surface area contributed by atoms with Crippen molar-refractivity contribution in [1.29, 1.82) is 0 Å². The van der Waals surface area contributed by atoms with Crippen LogP contribution in [0.15, 0.2) is 0 Å². The molecule has 1 atom stereocenters. The van der Waals surface area contributed by atoms with Crippen molar-refractivity contribution in [2.45, 2.75) is 25.9 Å². The molecule has 1 unspecified atom stereocenters. The van der Waals surface area contributed by atoms with Gasteiger partial charge < -0.3 is 11.5 Å². The van der Waals surface area contributed by atoms with E-state index in [0.717, 1.165) is 12.8 Å². The molecule has 0 aromatic carbocycles. The minimum absolute atomic E-state index is 0.170. The summed E-state index contributed by atoms with van der Waals surface area (Å²) in [6.45, 7) is 5.73. The summed E-state index contributed by atoms with van der Waals surface area (Å²) in [5.41, 5.74) is 10.7. The Bertz CT molecular complexity index is 52.5. The summed E-state index contributed by atoms with van der Waals surface area (Å²) in [6.07, 6.45) is 1.78. The standard InChI is InChI=1S/C6H15N2/c1-3-4-5(2)6(7)8/h5-6H,1,3-4,7-8H2,2H3. The lowest BCUT2D eigenvalue weighted by molar-refractivity contribution is 0.439. The highest BCUT2D eigenvalue weighted by Gasteiger charge is 2.04. The lowest BCUT2D eigenvalue weighted by Crippen LogP contribution is -2.37. The quantitative estimate of drug-likeness (QED) is 0.526. The van der Waals surface area contributed by atoms with Gasteiger partial charge in [-0.25, -0.2) is 0 Å². The van der Waals surface area contributed by atoms with Gasteiger partial charge in [0.2, 0.25) is 0 Å². The summed E-state index contributed by atoms with van der Waals surface area (Å²) in [6, 6.07) is 0. The summed E-state index contributed by atoms with van der Waals surface area (Å²) in [7, 11) is 0. The van der Waals surface area contributed by atoms with E-state index in [9.17, 15) is 0 Å². The summed E-state index contributed by atoms with van der Waals surface area (Å²) in [5.74, 6) is 0.410. The van der Waals surface area contributed by atoms with Crippen LogP contribution in [0.5, 0.6) is 0 Å². The van der Waals surface area contributed by atoms with E-state index in [0.29, 0.717) is 5.92 Å². The van der Waals surface area contributed by atoms with Gasteiger partial charge in [0.25, 0.3) is 0 Å². The molecule has 0 aliphatic rings. The molecule has 0 aromatic heterocycles. The minimum atomic E-state index is -0.170. The summed E-state index contributed by atoms with van der Waals surface area (Å²) < 4.78 is 0. The lowest BCUT2D eigenvalue weighted by Gasteiger charge is -2.12. The normalized spacial score (nSPS) is 14.6. The van der Waals surface area contributed by atoms with Crippen LogP contribution in [-0.2, 0) is 0 Å². The van der Waals surface area contributed by atoms with E-state index in [2.05, 4.69) is 6.92 Å². The van der Waals surface area contributed by atoms with E-state index in [1.807, 2.05) is 6.92 Å². The molecule has 0 aliphatic heterocycles. The van der Waals surface area contributed by atoms with E-state index >= 15 is 0 Å². The Morgan fingerprint density at radius 3 is 2.12 bits per heavy atom. The van der Waals surface area contributed by atoms with Crippen molar-refractivity contribution in [2.24, 2.45) is 17.4 Å². The highest BCUT2D eigenvalue weighted by atomic mass is 14.9. The van der Waals surface area contributed by atoms with Crippen molar-refractivity contribution in [3.05, 3.63) is 6.92 Å². The second-order valence-corrected chi connectivity index (χ2v) is 2.20. The zero-order valence-corrected chi connectivity index (χ0v) is 5.43. The molecular weight excluding hydrogens is 100 g/mol. The van der Waals surface area contributed by atoms with Gasteiger partial charge in [0, 0.05) is 0 Å². The predicted molar refractivity (Wildman–Crippen MR) is 35.9 cm³/mol. The fourth-order valence-corrected chi connectivity index (χ4v) is 0.514. The maximum atomic E-state index is 5.37. The van der Waals surface area contributed by atoms with Crippen molar-refractivity contribution in [2.75, 3.05) is 0 Å². The molecule has 0 heterocycles. The first-order valence-corrected chi connectivity index (χ1v) is 2.99. The SMILES string of the molecule is [CH2]CCC(C)C(N)N. The Balaban J connectivity index is 3.17. The maximum Gasteiger partial charge on any atom is 0.0547 e. The van der Waals surface area contributed by atoms with E-state index in [1.165, 1.54) is 0 Å². The van der Waals surface area contributed by atoms with Crippen LogP contribution in [0.3, 0.4) is 0 Å². The molecule has 0 saturated heterocycles. The smallest absolute Gasteiger partial charge is 0.0547 e. The predicted octanol–water partition coefficient (Wildman–Crippen LogP) is 0.480. The van der Waals surface area contributed by atoms with Gasteiger partial charge in [-0.3, -0.25) is 0 Å². The fourth-order valence-electron chi connectivity index (χ4n) is 0.514. The Hall–Kier alpha value is -0.0800. The Morgan fingerprint density at radius 1 is 1.50 bits per heavy atom. The van der Waals surface area contributed by atoms with Crippen molar-refractivity contribution in [3.63, 3.8) is 0 Å². The molecule has 8 heavy (non-hydrogen) atoms. The molecule has 1 radical (unpaired) electrons. The average Bonchev–Trinajstić information content (AvgIpc) is 1.67. The average molecular weight is 115 g/mol. The zero-order chi connectivity index (χ0) is 6.57. The molecule has 0 aromatic rings. The second kappa shape index (κ2) is 3.87. The Morgan fingerprint density at radius 2 is 2.00 bits per heavy atom. The number of nitrogens with two attached hydrogens (primary N) is 2. The molecule has 0 saturated carbocycles. The summed E-state index contributed by atoms with van der Waals surface area (Å²) in [5, 5.41) is 0. The number of rotatable bonds is 3. The van der Waals surface area contributed by atoms with Crippen LogP contribution in [0.1, 0.15) is 19.8 Å². The topological polar surface area (TPSA) is 52.0 Å². The van der Waals surface area contributed by atoms with Gasteiger partial charge in [0.05, 0.1) is 6.17 Å².